The topological polar surface area (TPSA) is 242 Å². The van der Waals surface area contributed by atoms with Crippen LogP contribution in [0, 0.1) is 11.8 Å². The minimum Gasteiger partial charge on any atom is -0.391 e. The quantitative estimate of drug-likeness (QED) is 0.165. The molecule has 4 saturated heterocycles. The molecule has 71 heavy (non-hydrogen) atoms. The number of thioether (sulfide) groups is 1. The number of benzene rings is 2. The number of H-pyrrole nitrogens is 1. The van der Waals surface area contributed by atoms with Crippen molar-refractivity contribution >= 4 is 69.9 Å². The molecule has 4 aliphatic heterocycles. The molecular weight excluding hydrogens is 927 g/mol. The molecule has 7 rings (SSSR count). The third kappa shape index (κ3) is 11.9. The van der Waals surface area contributed by atoms with Gasteiger partial charge >= 0.3 is 0 Å². The van der Waals surface area contributed by atoms with Crippen molar-refractivity contribution in [2.75, 3.05) is 18.8 Å². The molecule has 8 amide bonds. The van der Waals surface area contributed by atoms with Crippen LogP contribution in [0.3, 0.4) is 0 Å². The van der Waals surface area contributed by atoms with Crippen molar-refractivity contribution in [3.05, 3.63) is 71.9 Å². The van der Waals surface area contributed by atoms with Crippen molar-refractivity contribution < 1.29 is 43.5 Å². The second-order valence-corrected chi connectivity index (χ2v) is 22.1. The van der Waals surface area contributed by atoms with Crippen LogP contribution in [-0.4, -0.2) is 150 Å². The average molecular weight is 998 g/mol. The van der Waals surface area contributed by atoms with Crippen molar-refractivity contribution in [2.24, 2.45) is 11.8 Å². The van der Waals surface area contributed by atoms with Gasteiger partial charge in [-0.15, -0.1) is 11.8 Å². The second kappa shape index (κ2) is 22.6. The number of fused-ring (bicyclic) bond motifs is 4. The van der Waals surface area contributed by atoms with E-state index in [2.05, 4.69) is 31.6 Å². The van der Waals surface area contributed by atoms with Gasteiger partial charge in [0.15, 0.2) is 0 Å². The molecule has 19 heteroatoms. The van der Waals surface area contributed by atoms with Gasteiger partial charge in [-0.2, -0.15) is 0 Å². The maximum Gasteiger partial charge on any atom is 0.249 e. The fourth-order valence-electron chi connectivity index (χ4n) is 10.4. The van der Waals surface area contributed by atoms with Crippen LogP contribution < -0.4 is 26.6 Å². The fraction of sp³-hybridized carbons (Fsp3) is 0.577. The largest absolute Gasteiger partial charge is 0.391 e. The molecule has 0 bridgehead atoms. The highest BCUT2D eigenvalue weighted by Gasteiger charge is 2.51. The van der Waals surface area contributed by atoms with E-state index >= 15 is 0 Å². The van der Waals surface area contributed by atoms with Gasteiger partial charge in [-0.1, -0.05) is 82.6 Å². The lowest BCUT2D eigenvalue weighted by Gasteiger charge is -2.39. The Morgan fingerprint density at radius 1 is 0.648 bits per heavy atom. The third-order valence-electron chi connectivity index (χ3n) is 14.5. The van der Waals surface area contributed by atoms with Crippen molar-refractivity contribution in [2.45, 2.75) is 159 Å². The molecule has 0 radical (unpaired) electrons. The van der Waals surface area contributed by atoms with Crippen molar-refractivity contribution in [1.29, 1.82) is 0 Å². The maximum atomic E-state index is 14.9. The van der Waals surface area contributed by atoms with Crippen LogP contribution in [-0.2, 0) is 51.2 Å². The summed E-state index contributed by atoms with van der Waals surface area (Å²) in [4.78, 5) is 124. The summed E-state index contributed by atoms with van der Waals surface area (Å²) >= 11 is 1.33. The zero-order valence-electron chi connectivity index (χ0n) is 41.9. The first-order valence-electron chi connectivity index (χ1n) is 25.2. The number of nitrogens with one attached hydrogen (secondary N) is 6. The highest BCUT2D eigenvalue weighted by molar-refractivity contribution is 8.00. The minimum absolute atomic E-state index is 0.0228. The number of carbonyl (C=O) groups excluding carboxylic acids is 8. The van der Waals surface area contributed by atoms with Crippen molar-refractivity contribution in [3.63, 3.8) is 0 Å². The van der Waals surface area contributed by atoms with Crippen LogP contribution in [0.2, 0.25) is 0 Å². The highest BCUT2D eigenvalue weighted by Crippen LogP contribution is 2.40. The highest BCUT2D eigenvalue weighted by atomic mass is 32.2. The Labute approximate surface area is 419 Å². The number of aromatic nitrogens is 1. The third-order valence-corrected chi connectivity index (χ3v) is 15.9. The predicted molar refractivity (Wildman–Crippen MR) is 269 cm³/mol. The van der Waals surface area contributed by atoms with Gasteiger partial charge in [-0.05, 0) is 81.9 Å². The van der Waals surface area contributed by atoms with E-state index in [1.807, 2.05) is 82.3 Å². The van der Waals surface area contributed by atoms with E-state index in [-0.39, 0.29) is 56.9 Å². The molecule has 7 N–H and O–H groups in total. The van der Waals surface area contributed by atoms with Gasteiger partial charge < -0.3 is 51.4 Å². The van der Waals surface area contributed by atoms with Crippen LogP contribution >= 0.6 is 11.8 Å². The number of hydrogen-bond donors (Lipinski definition) is 7. The molecule has 3 aromatic rings. The Bertz CT molecular complexity index is 2460. The average Bonchev–Trinajstić information content (AvgIpc) is 4.17. The smallest absolute Gasteiger partial charge is 0.249 e. The molecule has 384 valence electrons. The van der Waals surface area contributed by atoms with E-state index in [1.165, 1.54) is 33.4 Å². The van der Waals surface area contributed by atoms with Crippen LogP contribution in [0.1, 0.15) is 98.1 Å². The summed E-state index contributed by atoms with van der Waals surface area (Å²) in [5.41, 5.74) is 2.29. The van der Waals surface area contributed by atoms with Gasteiger partial charge in [0.2, 0.25) is 47.3 Å². The normalized spacial score (nSPS) is 28.3. The van der Waals surface area contributed by atoms with Crippen molar-refractivity contribution in [1.82, 2.24) is 46.3 Å². The van der Waals surface area contributed by atoms with E-state index in [9.17, 15) is 43.5 Å². The molecule has 2 aromatic carbocycles. The number of aliphatic hydroxyl groups excluding tert-OH is 1. The van der Waals surface area contributed by atoms with Gasteiger partial charge in [0.25, 0.3) is 0 Å². The number of rotatable bonds is 9. The number of nitrogens with zero attached hydrogens (tertiary/aromatic N) is 3. The SMILES string of the molecule is CC[C@H](C)[C@@H]1NC(=O)[C@@H]2CSC(C)(C)N2C(=O)[C@H]([C@@H](C)O)NC(=O)[C@H](CC(C)C)NC(=O)[C@@H]2CCCN2C(=O)[C@H](Cc2ccccc2)NC(=O)[C@H](Cc2c[nH]c3ccccc23)NC(=O)[C@@H]2CCCN2C1=O. The first kappa shape index (κ1) is 52.9. The monoisotopic (exact) mass is 998 g/mol. The molecule has 18 nitrogen and oxygen atoms in total. The lowest BCUT2D eigenvalue weighted by atomic mass is 9.96. The molecule has 5 heterocycles. The molecule has 0 spiro atoms. The summed E-state index contributed by atoms with van der Waals surface area (Å²) in [7, 11) is 0. The van der Waals surface area contributed by atoms with Gasteiger partial charge in [-0.3, -0.25) is 38.4 Å². The van der Waals surface area contributed by atoms with Crippen LogP contribution in [0.25, 0.3) is 10.9 Å². The predicted octanol–water partition coefficient (Wildman–Crippen LogP) is 2.53. The van der Waals surface area contributed by atoms with Crippen molar-refractivity contribution in [3.8, 4) is 0 Å². The number of aromatic amines is 1. The molecule has 0 saturated carbocycles. The summed E-state index contributed by atoms with van der Waals surface area (Å²) in [5, 5.41) is 26.4. The summed E-state index contributed by atoms with van der Waals surface area (Å²) in [6.07, 6.45) is 2.54. The molecule has 0 aliphatic carbocycles. The number of para-hydroxylation sites is 1. The van der Waals surface area contributed by atoms with Crippen LogP contribution in [0.15, 0.2) is 60.8 Å². The van der Waals surface area contributed by atoms with E-state index in [0.29, 0.717) is 19.3 Å². The zero-order valence-corrected chi connectivity index (χ0v) is 42.7. The molecule has 1 aromatic heterocycles. The summed E-state index contributed by atoms with van der Waals surface area (Å²) in [5.74, 6) is -5.28. The molecule has 4 fully saturated rings. The Hall–Kier alpha value is -5.95. The molecular formula is C52H71N9O9S. The lowest BCUT2D eigenvalue weighted by molar-refractivity contribution is -0.149. The summed E-state index contributed by atoms with van der Waals surface area (Å²) in [6.45, 7) is 12.7. The first-order chi connectivity index (χ1) is 33.8. The number of hydrogen-bond acceptors (Lipinski definition) is 10. The Balaban J connectivity index is 1.30. The fourth-order valence-corrected chi connectivity index (χ4v) is 11.6. The summed E-state index contributed by atoms with van der Waals surface area (Å²) in [6, 6.07) is 7.29. The van der Waals surface area contributed by atoms with Gasteiger partial charge in [0.05, 0.1) is 11.0 Å². The Morgan fingerprint density at radius 2 is 1.21 bits per heavy atom. The number of aliphatic hydroxyl groups is 1. The zero-order chi connectivity index (χ0) is 51.3. The van der Waals surface area contributed by atoms with E-state index in [0.717, 1.165) is 22.0 Å². The Kier molecular flexibility index (Phi) is 16.9. The van der Waals surface area contributed by atoms with E-state index < -0.39 is 112 Å². The first-order valence-corrected chi connectivity index (χ1v) is 26.1. The molecule has 0 unspecified atom stereocenters. The number of carbonyl (C=O) groups is 8. The van der Waals surface area contributed by atoms with Crippen LogP contribution in [0.5, 0.6) is 0 Å². The van der Waals surface area contributed by atoms with E-state index in [4.69, 9.17) is 0 Å². The summed E-state index contributed by atoms with van der Waals surface area (Å²) < 4.78 is 0. The van der Waals surface area contributed by atoms with E-state index in [1.54, 1.807) is 20.0 Å². The minimum atomic E-state index is -1.53. The van der Waals surface area contributed by atoms with Crippen LogP contribution in [0.4, 0.5) is 0 Å². The standard InChI is InChI=1S/C52H71N9O9S/c1-8-30(4)42-50(69)60-23-15-21-40(60)47(66)55-37(26-33-27-53-35-19-13-12-18-34(33)35)44(63)56-38(25-32-16-10-9-11-17-32)49(68)59-22-14-20-39(59)46(65)54-36(24-29(2)3)45(64)58-43(31(5)62)51(70)61-41(48(67)57-42)28-71-52(61,6)7/h9-13,16-19,27,29-31,36-43,53,62H,8,14-15,20-26,28H2,1-7H3,(H,54,65)(H,55,66)(H,56,63)(H,57,67)(H,58,64)/t30-,31+,36-,37-,38-,39-,40-,41-,42-,43-/m0/s1. The van der Waals surface area contributed by atoms with Gasteiger partial charge in [-0.25, -0.2) is 0 Å². The number of amides is 8. The van der Waals surface area contributed by atoms with Gasteiger partial charge in [0.1, 0.15) is 48.3 Å². The molecule has 10 atom stereocenters. The Morgan fingerprint density at radius 3 is 1.85 bits per heavy atom. The maximum absolute atomic E-state index is 14.9. The molecule has 4 aliphatic rings. The lowest BCUT2D eigenvalue weighted by Crippen LogP contribution is -2.64. The second-order valence-electron chi connectivity index (χ2n) is 20.5. The van der Waals surface area contributed by atoms with Gasteiger partial charge in [0, 0.05) is 48.8 Å².